The number of carbonyl (C=O) groups is 2. The smallest absolute Gasteiger partial charge is 0.290 e. The van der Waals surface area contributed by atoms with Crippen molar-refractivity contribution in [3.8, 4) is 22.1 Å². The van der Waals surface area contributed by atoms with Crippen molar-refractivity contribution < 1.29 is 23.5 Å². The van der Waals surface area contributed by atoms with E-state index in [1.807, 2.05) is 23.6 Å². The third kappa shape index (κ3) is 4.61. The van der Waals surface area contributed by atoms with E-state index >= 15 is 0 Å². The summed E-state index contributed by atoms with van der Waals surface area (Å²) >= 11 is 2.33. The Hall–Kier alpha value is -3.82. The highest BCUT2D eigenvalue weighted by Gasteiger charge is 2.24. The van der Waals surface area contributed by atoms with Crippen LogP contribution in [0.4, 0.5) is 4.79 Å². The van der Waals surface area contributed by atoms with E-state index in [1.54, 1.807) is 48.5 Å². The summed E-state index contributed by atoms with van der Waals surface area (Å²) in [6.45, 7) is 0.357. The number of carbonyl (C=O) groups excluding carboxylic acids is 2. The number of para-hydroxylation sites is 1. The standard InChI is InChI=1S/C25H17NO6S2/c27-21-17-4-1-2-5-18(17)32-22(19-6-3-13-33-19)23(21)31-12-11-30-16-9-7-15(8-10-16)14-20-24(28)26-25(29)34-20/h1-10,13-14H,11-12H2,(H,26,28,29). The Labute approximate surface area is 202 Å². The number of rotatable bonds is 7. The number of ether oxygens (including phenoxy) is 2. The largest absolute Gasteiger partial charge is 0.490 e. The molecular formula is C25H17NO6S2. The number of benzene rings is 2. The number of hydrogen-bond donors (Lipinski definition) is 1. The third-order valence-corrected chi connectivity index (χ3v) is 6.60. The van der Waals surface area contributed by atoms with E-state index < -0.39 is 5.91 Å². The molecule has 2 aromatic heterocycles. The van der Waals surface area contributed by atoms with Gasteiger partial charge in [-0.15, -0.1) is 11.3 Å². The van der Waals surface area contributed by atoms with Gasteiger partial charge in [0.1, 0.15) is 24.5 Å². The molecule has 7 nitrogen and oxygen atoms in total. The Morgan fingerprint density at radius 1 is 0.912 bits per heavy atom. The molecule has 1 aliphatic rings. The van der Waals surface area contributed by atoms with Crippen LogP contribution in [-0.4, -0.2) is 24.4 Å². The summed E-state index contributed by atoms with van der Waals surface area (Å²) in [6.07, 6.45) is 1.64. The molecule has 1 aliphatic heterocycles. The van der Waals surface area contributed by atoms with Crippen LogP contribution in [0.15, 0.2) is 80.2 Å². The maximum atomic E-state index is 13.1. The minimum absolute atomic E-state index is 0.145. The summed E-state index contributed by atoms with van der Waals surface area (Å²) in [5.41, 5.74) is 1.05. The second kappa shape index (κ2) is 9.58. The van der Waals surface area contributed by atoms with E-state index in [2.05, 4.69) is 5.32 Å². The first-order valence-electron chi connectivity index (χ1n) is 10.3. The fraction of sp³-hybridized carbons (Fsp3) is 0.0800. The fourth-order valence-corrected chi connectivity index (χ4v) is 4.75. The second-order valence-corrected chi connectivity index (χ2v) is 9.14. The molecule has 0 saturated carbocycles. The van der Waals surface area contributed by atoms with Gasteiger partial charge >= 0.3 is 0 Å². The van der Waals surface area contributed by atoms with E-state index in [0.29, 0.717) is 27.4 Å². The van der Waals surface area contributed by atoms with Gasteiger partial charge < -0.3 is 13.9 Å². The molecule has 2 amide bonds. The van der Waals surface area contributed by atoms with Gasteiger partial charge in [-0.2, -0.15) is 0 Å². The van der Waals surface area contributed by atoms with E-state index in [1.165, 1.54) is 11.3 Å². The minimum Gasteiger partial charge on any atom is -0.490 e. The van der Waals surface area contributed by atoms with E-state index in [0.717, 1.165) is 22.2 Å². The third-order valence-electron chi connectivity index (χ3n) is 4.92. The van der Waals surface area contributed by atoms with Crippen LogP contribution >= 0.6 is 23.1 Å². The number of imide groups is 1. The van der Waals surface area contributed by atoms with Crippen molar-refractivity contribution in [3.05, 3.63) is 86.7 Å². The summed E-state index contributed by atoms with van der Waals surface area (Å²) < 4.78 is 17.6. The summed E-state index contributed by atoms with van der Waals surface area (Å²) in [4.78, 5) is 37.1. The second-order valence-electron chi connectivity index (χ2n) is 7.18. The van der Waals surface area contributed by atoms with Crippen LogP contribution in [0.25, 0.3) is 27.7 Å². The number of fused-ring (bicyclic) bond motifs is 1. The van der Waals surface area contributed by atoms with E-state index in [9.17, 15) is 14.4 Å². The van der Waals surface area contributed by atoms with Crippen molar-refractivity contribution in [2.45, 2.75) is 0 Å². The van der Waals surface area contributed by atoms with Gasteiger partial charge in [0.2, 0.25) is 11.2 Å². The summed E-state index contributed by atoms with van der Waals surface area (Å²) in [7, 11) is 0. The van der Waals surface area contributed by atoms with Crippen molar-refractivity contribution in [1.82, 2.24) is 5.32 Å². The van der Waals surface area contributed by atoms with Crippen LogP contribution < -0.4 is 20.2 Å². The van der Waals surface area contributed by atoms with Crippen LogP contribution in [0.2, 0.25) is 0 Å². The Bertz CT molecular complexity index is 1460. The van der Waals surface area contributed by atoms with Crippen LogP contribution in [0.3, 0.4) is 0 Å². The molecule has 34 heavy (non-hydrogen) atoms. The van der Waals surface area contributed by atoms with Crippen molar-refractivity contribution in [1.29, 1.82) is 0 Å². The molecule has 9 heteroatoms. The molecule has 3 heterocycles. The number of thioether (sulfide) groups is 1. The zero-order valence-electron chi connectivity index (χ0n) is 17.6. The van der Waals surface area contributed by atoms with Gasteiger partial charge in [-0.3, -0.25) is 19.7 Å². The number of hydrogen-bond acceptors (Lipinski definition) is 8. The summed E-state index contributed by atoms with van der Waals surface area (Å²) in [6, 6.07) is 17.9. The highest BCUT2D eigenvalue weighted by molar-refractivity contribution is 8.18. The first-order valence-corrected chi connectivity index (χ1v) is 12.0. The number of nitrogens with one attached hydrogen (secondary N) is 1. The molecule has 0 aliphatic carbocycles. The number of thiophene rings is 1. The lowest BCUT2D eigenvalue weighted by atomic mass is 10.2. The molecule has 5 rings (SSSR count). The van der Waals surface area contributed by atoms with Crippen LogP contribution in [0, 0.1) is 0 Å². The predicted molar refractivity (Wildman–Crippen MR) is 132 cm³/mol. The molecule has 0 bridgehead atoms. The van der Waals surface area contributed by atoms with Crippen molar-refractivity contribution in [3.63, 3.8) is 0 Å². The molecule has 0 atom stereocenters. The lowest BCUT2D eigenvalue weighted by molar-refractivity contribution is -0.115. The topological polar surface area (TPSA) is 94.8 Å². The van der Waals surface area contributed by atoms with Crippen LogP contribution in [-0.2, 0) is 4.79 Å². The van der Waals surface area contributed by atoms with Gasteiger partial charge in [-0.1, -0.05) is 30.3 Å². The Balaban J connectivity index is 1.26. The molecule has 0 radical (unpaired) electrons. The van der Waals surface area contributed by atoms with Gasteiger partial charge in [0.15, 0.2) is 5.76 Å². The van der Waals surface area contributed by atoms with E-state index in [4.69, 9.17) is 13.9 Å². The zero-order valence-corrected chi connectivity index (χ0v) is 19.2. The lowest BCUT2D eigenvalue weighted by Gasteiger charge is -2.11. The predicted octanol–water partition coefficient (Wildman–Crippen LogP) is 5.30. The normalized spacial score (nSPS) is 14.5. The van der Waals surface area contributed by atoms with Crippen molar-refractivity contribution in [2.24, 2.45) is 0 Å². The SMILES string of the molecule is O=C1NC(=O)C(=Cc2ccc(OCCOc3c(-c4cccs4)oc4ccccc4c3=O)cc2)S1. The molecule has 1 N–H and O–H groups in total. The molecule has 0 unspecified atom stereocenters. The highest BCUT2D eigenvalue weighted by atomic mass is 32.2. The van der Waals surface area contributed by atoms with Crippen molar-refractivity contribution in [2.75, 3.05) is 13.2 Å². The van der Waals surface area contributed by atoms with Gasteiger partial charge in [0.25, 0.3) is 11.1 Å². The lowest BCUT2D eigenvalue weighted by Crippen LogP contribution is -2.17. The maximum Gasteiger partial charge on any atom is 0.290 e. The Morgan fingerprint density at radius 2 is 1.71 bits per heavy atom. The van der Waals surface area contributed by atoms with Gasteiger partial charge in [0, 0.05) is 0 Å². The van der Waals surface area contributed by atoms with Gasteiger partial charge in [0.05, 0.1) is 15.2 Å². The van der Waals surface area contributed by atoms with Crippen LogP contribution in [0.5, 0.6) is 11.5 Å². The number of amides is 2. The molecule has 1 saturated heterocycles. The fourth-order valence-electron chi connectivity index (χ4n) is 3.36. The molecular weight excluding hydrogens is 474 g/mol. The van der Waals surface area contributed by atoms with Crippen molar-refractivity contribution >= 4 is 51.3 Å². The van der Waals surface area contributed by atoms with Crippen LogP contribution in [0.1, 0.15) is 5.56 Å². The molecule has 1 fully saturated rings. The Kier molecular flexibility index (Phi) is 6.20. The van der Waals surface area contributed by atoms with E-state index in [-0.39, 0.29) is 29.6 Å². The average Bonchev–Trinajstić information content (AvgIpc) is 3.48. The summed E-state index contributed by atoms with van der Waals surface area (Å²) in [5, 5.41) is 4.21. The first-order chi connectivity index (χ1) is 16.6. The quantitative estimate of drug-likeness (QED) is 0.277. The first kappa shape index (κ1) is 22.0. The zero-order chi connectivity index (χ0) is 23.5. The summed E-state index contributed by atoms with van der Waals surface area (Å²) in [5.74, 6) is 0.777. The Morgan fingerprint density at radius 3 is 2.44 bits per heavy atom. The minimum atomic E-state index is -0.396. The van der Waals surface area contributed by atoms with Gasteiger partial charge in [-0.25, -0.2) is 0 Å². The maximum absolute atomic E-state index is 13.1. The monoisotopic (exact) mass is 491 g/mol. The van der Waals surface area contributed by atoms with Gasteiger partial charge in [-0.05, 0) is 59.1 Å². The molecule has 4 aromatic rings. The highest BCUT2D eigenvalue weighted by Crippen LogP contribution is 2.33. The molecule has 2 aromatic carbocycles. The molecule has 170 valence electrons. The molecule has 0 spiro atoms. The average molecular weight is 492 g/mol.